The van der Waals surface area contributed by atoms with E-state index in [0.29, 0.717) is 5.91 Å². The largest absolute Gasteiger partial charge is 0.340 e. The second-order valence-electron chi connectivity index (χ2n) is 6.11. The van der Waals surface area contributed by atoms with Gasteiger partial charge in [0.25, 0.3) is 0 Å². The van der Waals surface area contributed by atoms with Crippen LogP contribution in [0.15, 0.2) is 30.3 Å². The van der Waals surface area contributed by atoms with Gasteiger partial charge in [0.15, 0.2) is 0 Å². The summed E-state index contributed by atoms with van der Waals surface area (Å²) in [6.45, 7) is 6.73. The fraction of sp³-hybridized carbons (Fsp3) is 0.588. The van der Waals surface area contributed by atoms with E-state index in [1.807, 2.05) is 0 Å². The molecule has 2 aliphatic rings. The van der Waals surface area contributed by atoms with Gasteiger partial charge in [-0.15, -0.1) is 24.8 Å². The van der Waals surface area contributed by atoms with Crippen LogP contribution in [0.5, 0.6) is 0 Å². The molecule has 0 bridgehead atoms. The molecular weight excluding hydrogens is 333 g/mol. The molecule has 2 aliphatic heterocycles. The van der Waals surface area contributed by atoms with Crippen molar-refractivity contribution in [3.8, 4) is 0 Å². The Hall–Kier alpha value is -0.810. The van der Waals surface area contributed by atoms with Gasteiger partial charge in [0.2, 0.25) is 5.91 Å². The summed E-state index contributed by atoms with van der Waals surface area (Å²) in [4.78, 5) is 17.0. The predicted molar refractivity (Wildman–Crippen MR) is 98.4 cm³/mol. The number of amides is 1. The van der Waals surface area contributed by atoms with Crippen LogP contribution in [0.2, 0.25) is 0 Å². The smallest absolute Gasteiger partial charge is 0.225 e. The van der Waals surface area contributed by atoms with Gasteiger partial charge in [-0.2, -0.15) is 0 Å². The maximum Gasteiger partial charge on any atom is 0.225 e. The van der Waals surface area contributed by atoms with Crippen LogP contribution in [0, 0.1) is 5.92 Å². The van der Waals surface area contributed by atoms with E-state index in [4.69, 9.17) is 0 Å². The van der Waals surface area contributed by atoms with Crippen molar-refractivity contribution in [1.82, 2.24) is 15.1 Å². The fourth-order valence-corrected chi connectivity index (χ4v) is 3.30. The van der Waals surface area contributed by atoms with Crippen molar-refractivity contribution in [3.63, 3.8) is 0 Å². The molecule has 23 heavy (non-hydrogen) atoms. The molecule has 2 saturated heterocycles. The Labute approximate surface area is 151 Å². The minimum absolute atomic E-state index is 0. The van der Waals surface area contributed by atoms with Crippen molar-refractivity contribution < 1.29 is 4.79 Å². The third-order valence-corrected chi connectivity index (χ3v) is 4.62. The second kappa shape index (κ2) is 10.1. The van der Waals surface area contributed by atoms with E-state index in [-0.39, 0.29) is 30.7 Å². The van der Waals surface area contributed by atoms with Crippen LogP contribution in [0.3, 0.4) is 0 Å². The molecule has 1 aromatic carbocycles. The van der Waals surface area contributed by atoms with Gasteiger partial charge in [-0.05, 0) is 31.5 Å². The maximum atomic E-state index is 12.5. The molecule has 0 spiro atoms. The van der Waals surface area contributed by atoms with Gasteiger partial charge in [-0.25, -0.2) is 0 Å². The lowest BCUT2D eigenvalue weighted by Gasteiger charge is -2.37. The average molecular weight is 360 g/mol. The monoisotopic (exact) mass is 359 g/mol. The van der Waals surface area contributed by atoms with Crippen molar-refractivity contribution in [2.24, 2.45) is 5.92 Å². The highest BCUT2D eigenvalue weighted by Crippen LogP contribution is 2.17. The summed E-state index contributed by atoms with van der Waals surface area (Å²) in [6.07, 6.45) is 2.01. The summed E-state index contributed by atoms with van der Waals surface area (Å²) >= 11 is 0. The Morgan fingerprint density at radius 2 is 1.61 bits per heavy atom. The molecule has 0 saturated carbocycles. The highest BCUT2D eigenvalue weighted by molar-refractivity contribution is 5.85. The third-order valence-electron chi connectivity index (χ3n) is 4.62. The van der Waals surface area contributed by atoms with E-state index < -0.39 is 0 Å². The van der Waals surface area contributed by atoms with E-state index in [1.54, 1.807) is 0 Å². The number of rotatable bonds is 3. The van der Waals surface area contributed by atoms with Crippen molar-refractivity contribution >= 4 is 30.7 Å². The van der Waals surface area contributed by atoms with Crippen LogP contribution in [-0.4, -0.2) is 55.0 Å². The van der Waals surface area contributed by atoms with Gasteiger partial charge in [0.1, 0.15) is 0 Å². The summed E-state index contributed by atoms with van der Waals surface area (Å²) < 4.78 is 0. The van der Waals surface area contributed by atoms with Crippen LogP contribution in [-0.2, 0) is 11.3 Å². The van der Waals surface area contributed by atoms with Crippen LogP contribution in [0.25, 0.3) is 0 Å². The zero-order valence-electron chi connectivity index (χ0n) is 13.4. The summed E-state index contributed by atoms with van der Waals surface area (Å²) in [7, 11) is 0. The lowest BCUT2D eigenvalue weighted by atomic mass is 9.96. The zero-order chi connectivity index (χ0) is 14.5. The van der Waals surface area contributed by atoms with Crippen LogP contribution in [0.4, 0.5) is 0 Å². The molecule has 1 aromatic rings. The molecule has 0 unspecified atom stereocenters. The molecule has 6 heteroatoms. The molecule has 0 aliphatic carbocycles. The summed E-state index contributed by atoms with van der Waals surface area (Å²) in [5.41, 5.74) is 1.36. The van der Waals surface area contributed by atoms with Crippen LogP contribution >= 0.6 is 24.8 Å². The van der Waals surface area contributed by atoms with E-state index in [2.05, 4.69) is 45.4 Å². The molecule has 0 aromatic heterocycles. The van der Waals surface area contributed by atoms with Crippen molar-refractivity contribution in [2.75, 3.05) is 39.3 Å². The minimum atomic E-state index is 0. The molecular formula is C17H27Cl2N3O. The molecule has 2 heterocycles. The van der Waals surface area contributed by atoms with Crippen molar-refractivity contribution in [2.45, 2.75) is 19.4 Å². The number of benzene rings is 1. The van der Waals surface area contributed by atoms with E-state index in [1.165, 1.54) is 5.56 Å². The molecule has 0 radical (unpaired) electrons. The van der Waals surface area contributed by atoms with Gasteiger partial charge in [0.05, 0.1) is 0 Å². The Kier molecular flexibility index (Phi) is 8.92. The number of piperidine rings is 1. The first kappa shape index (κ1) is 20.2. The van der Waals surface area contributed by atoms with Gasteiger partial charge in [0, 0.05) is 38.6 Å². The topological polar surface area (TPSA) is 35.6 Å². The highest BCUT2D eigenvalue weighted by Gasteiger charge is 2.28. The minimum Gasteiger partial charge on any atom is -0.340 e. The number of carbonyl (C=O) groups is 1. The first-order valence-corrected chi connectivity index (χ1v) is 8.09. The third kappa shape index (κ3) is 5.64. The molecule has 1 amide bonds. The van der Waals surface area contributed by atoms with E-state index >= 15 is 0 Å². The lowest BCUT2D eigenvalue weighted by Crippen LogP contribution is -2.51. The van der Waals surface area contributed by atoms with Gasteiger partial charge in [-0.3, -0.25) is 9.69 Å². The molecule has 2 fully saturated rings. The SMILES string of the molecule is Cl.Cl.O=C(C1CCNCC1)N1CCN(Cc2ccccc2)CC1. The number of halogens is 2. The first-order valence-electron chi connectivity index (χ1n) is 8.09. The molecule has 1 N–H and O–H groups in total. The Morgan fingerprint density at radius 1 is 1.00 bits per heavy atom. The summed E-state index contributed by atoms with van der Waals surface area (Å²) in [5.74, 6) is 0.641. The van der Waals surface area contributed by atoms with Crippen molar-refractivity contribution in [3.05, 3.63) is 35.9 Å². The zero-order valence-corrected chi connectivity index (χ0v) is 15.1. The quantitative estimate of drug-likeness (QED) is 0.898. The van der Waals surface area contributed by atoms with E-state index in [9.17, 15) is 4.79 Å². The first-order chi connectivity index (χ1) is 10.3. The Bertz CT molecular complexity index is 458. The number of nitrogens with one attached hydrogen (secondary N) is 1. The summed E-state index contributed by atoms with van der Waals surface area (Å²) in [5, 5.41) is 3.33. The standard InChI is InChI=1S/C17H25N3O.2ClH/c21-17(16-6-8-18-9-7-16)20-12-10-19(11-13-20)14-15-4-2-1-3-5-15;;/h1-5,16,18H,6-14H2;2*1H. The van der Waals surface area contributed by atoms with Crippen LogP contribution in [0.1, 0.15) is 18.4 Å². The van der Waals surface area contributed by atoms with Crippen LogP contribution < -0.4 is 5.32 Å². The number of nitrogens with zero attached hydrogens (tertiary/aromatic N) is 2. The second-order valence-corrected chi connectivity index (χ2v) is 6.11. The normalized spacial score (nSPS) is 19.6. The van der Waals surface area contributed by atoms with Gasteiger partial charge >= 0.3 is 0 Å². The number of hydrogen-bond donors (Lipinski definition) is 1. The Morgan fingerprint density at radius 3 is 2.22 bits per heavy atom. The van der Waals surface area contributed by atoms with E-state index in [0.717, 1.165) is 58.7 Å². The lowest BCUT2D eigenvalue weighted by molar-refractivity contribution is -0.138. The molecule has 0 atom stereocenters. The average Bonchev–Trinajstić information content (AvgIpc) is 2.57. The maximum absolute atomic E-state index is 12.5. The van der Waals surface area contributed by atoms with Crippen molar-refractivity contribution in [1.29, 1.82) is 0 Å². The molecule has 3 rings (SSSR count). The predicted octanol–water partition coefficient (Wildman–Crippen LogP) is 2.17. The summed E-state index contributed by atoms with van der Waals surface area (Å²) in [6, 6.07) is 10.6. The number of hydrogen-bond acceptors (Lipinski definition) is 3. The number of carbonyl (C=O) groups excluding carboxylic acids is 1. The molecule has 4 nitrogen and oxygen atoms in total. The Balaban J connectivity index is 0.00000132. The van der Waals surface area contributed by atoms with Gasteiger partial charge in [-0.1, -0.05) is 30.3 Å². The molecule has 130 valence electrons. The number of piperazine rings is 1. The highest BCUT2D eigenvalue weighted by atomic mass is 35.5. The fourth-order valence-electron chi connectivity index (χ4n) is 3.30. The van der Waals surface area contributed by atoms with Gasteiger partial charge < -0.3 is 10.2 Å².